The fourth-order valence-electron chi connectivity index (χ4n) is 2.92. The minimum atomic E-state index is -0.845. The van der Waals surface area contributed by atoms with Crippen LogP contribution in [0, 0.1) is 0 Å². The largest absolute Gasteiger partial charge is 0.481 e. The molecule has 1 aromatic carbocycles. The molecule has 2 atom stereocenters. The zero-order valence-corrected chi connectivity index (χ0v) is 12.3. The second kappa shape index (κ2) is 7.22. The lowest BCUT2D eigenvalue weighted by Gasteiger charge is -2.35. The van der Waals surface area contributed by atoms with Gasteiger partial charge in [0.15, 0.2) is 0 Å². The number of rotatable bonds is 5. The Balaban J connectivity index is 2.15. The Morgan fingerprint density at radius 3 is 2.67 bits per heavy atom. The number of likely N-dealkylation sites (N-methyl/N-ethyl adjacent to an activating group) is 1. The summed E-state index contributed by atoms with van der Waals surface area (Å²) < 4.78 is 0. The third kappa shape index (κ3) is 3.82. The molecule has 21 heavy (non-hydrogen) atoms. The van der Waals surface area contributed by atoms with Crippen LogP contribution in [0.5, 0.6) is 0 Å². The lowest BCUT2D eigenvalue weighted by atomic mass is 9.95. The Labute approximate surface area is 125 Å². The number of benzene rings is 1. The Bertz CT molecular complexity index is 490. The van der Waals surface area contributed by atoms with Crippen LogP contribution in [-0.4, -0.2) is 48.1 Å². The summed E-state index contributed by atoms with van der Waals surface area (Å²) in [5, 5.41) is 12.2. The molecule has 1 saturated heterocycles. The fourth-order valence-corrected chi connectivity index (χ4v) is 2.92. The minimum absolute atomic E-state index is 0.0214. The monoisotopic (exact) mass is 290 g/mol. The van der Waals surface area contributed by atoms with Gasteiger partial charge in [0.2, 0.25) is 5.91 Å². The number of carboxylic acid groups (broad SMARTS) is 1. The van der Waals surface area contributed by atoms with Crippen molar-refractivity contribution in [2.75, 3.05) is 20.1 Å². The molecule has 114 valence electrons. The SMILES string of the molecule is CNC(=O)C1CCCCN1CC(C(=O)O)c1ccccc1. The molecule has 1 aliphatic rings. The number of carbonyl (C=O) groups excluding carboxylic acids is 1. The van der Waals surface area contributed by atoms with Crippen LogP contribution in [0.3, 0.4) is 0 Å². The lowest BCUT2D eigenvalue weighted by Crippen LogP contribution is -2.50. The van der Waals surface area contributed by atoms with Gasteiger partial charge in [-0.3, -0.25) is 14.5 Å². The van der Waals surface area contributed by atoms with Gasteiger partial charge in [-0.25, -0.2) is 0 Å². The van der Waals surface area contributed by atoms with Crippen LogP contribution in [0.15, 0.2) is 30.3 Å². The normalized spacial score (nSPS) is 20.7. The maximum Gasteiger partial charge on any atom is 0.312 e. The van der Waals surface area contributed by atoms with Gasteiger partial charge in [0, 0.05) is 13.6 Å². The molecule has 0 spiro atoms. The summed E-state index contributed by atoms with van der Waals surface area (Å²) in [5.74, 6) is -1.47. The fraction of sp³-hybridized carbons (Fsp3) is 0.500. The third-order valence-corrected chi connectivity index (χ3v) is 4.08. The molecule has 5 nitrogen and oxygen atoms in total. The highest BCUT2D eigenvalue weighted by molar-refractivity contribution is 5.82. The third-order valence-electron chi connectivity index (χ3n) is 4.08. The van der Waals surface area contributed by atoms with Crippen LogP contribution in [-0.2, 0) is 9.59 Å². The molecule has 1 fully saturated rings. The van der Waals surface area contributed by atoms with Crippen molar-refractivity contribution in [3.63, 3.8) is 0 Å². The number of nitrogens with zero attached hydrogens (tertiary/aromatic N) is 1. The van der Waals surface area contributed by atoms with Crippen LogP contribution in [0.1, 0.15) is 30.7 Å². The molecule has 0 aliphatic carbocycles. The second-order valence-electron chi connectivity index (χ2n) is 5.42. The van der Waals surface area contributed by atoms with Crippen molar-refractivity contribution in [2.45, 2.75) is 31.2 Å². The average molecular weight is 290 g/mol. The van der Waals surface area contributed by atoms with Gasteiger partial charge in [0.25, 0.3) is 0 Å². The number of carboxylic acids is 1. The van der Waals surface area contributed by atoms with Gasteiger partial charge in [-0.15, -0.1) is 0 Å². The van der Waals surface area contributed by atoms with Crippen LogP contribution in [0.4, 0.5) is 0 Å². The molecule has 0 radical (unpaired) electrons. The first-order valence-corrected chi connectivity index (χ1v) is 7.37. The Kier molecular flexibility index (Phi) is 5.33. The maximum absolute atomic E-state index is 12.0. The molecule has 2 rings (SSSR count). The first-order valence-electron chi connectivity index (χ1n) is 7.37. The standard InChI is InChI=1S/C16H22N2O3/c1-17-15(19)14-9-5-6-10-18(14)11-13(16(20)21)12-7-3-2-4-8-12/h2-4,7-8,13-14H,5-6,9-11H2,1H3,(H,17,19)(H,20,21). The van der Waals surface area contributed by atoms with Crippen molar-refractivity contribution in [3.05, 3.63) is 35.9 Å². The number of aliphatic carboxylic acids is 1. The highest BCUT2D eigenvalue weighted by atomic mass is 16.4. The molecule has 0 bridgehead atoms. The van der Waals surface area contributed by atoms with E-state index in [1.165, 1.54) is 0 Å². The first kappa shape index (κ1) is 15.5. The molecule has 2 N–H and O–H groups in total. The van der Waals surface area contributed by atoms with Gasteiger partial charge >= 0.3 is 5.97 Å². The molecule has 0 aromatic heterocycles. The lowest BCUT2D eigenvalue weighted by molar-refractivity contribution is -0.140. The summed E-state index contributed by atoms with van der Waals surface area (Å²) in [5.41, 5.74) is 0.784. The highest BCUT2D eigenvalue weighted by Gasteiger charge is 2.32. The number of likely N-dealkylation sites (tertiary alicyclic amines) is 1. The van der Waals surface area contributed by atoms with E-state index in [1.807, 2.05) is 35.2 Å². The predicted octanol–water partition coefficient (Wildman–Crippen LogP) is 1.46. The van der Waals surface area contributed by atoms with Crippen LogP contribution >= 0.6 is 0 Å². The zero-order chi connectivity index (χ0) is 15.2. The summed E-state index contributed by atoms with van der Waals surface area (Å²) in [4.78, 5) is 25.6. The molecule has 2 unspecified atom stereocenters. The summed E-state index contributed by atoms with van der Waals surface area (Å²) in [6.07, 6.45) is 2.81. The Morgan fingerprint density at radius 2 is 2.05 bits per heavy atom. The summed E-state index contributed by atoms with van der Waals surface area (Å²) in [6.45, 7) is 1.14. The first-order chi connectivity index (χ1) is 10.1. The smallest absolute Gasteiger partial charge is 0.312 e. The van der Waals surface area contributed by atoms with Crippen molar-refractivity contribution in [1.29, 1.82) is 0 Å². The van der Waals surface area contributed by atoms with Gasteiger partial charge in [0.1, 0.15) is 0 Å². The molecule has 1 aromatic rings. The van der Waals surface area contributed by atoms with Crippen molar-refractivity contribution >= 4 is 11.9 Å². The van der Waals surface area contributed by atoms with Crippen molar-refractivity contribution in [3.8, 4) is 0 Å². The van der Waals surface area contributed by atoms with E-state index in [2.05, 4.69) is 5.32 Å². The summed E-state index contributed by atoms with van der Waals surface area (Å²) in [7, 11) is 1.63. The molecule has 1 amide bonds. The van der Waals surface area contributed by atoms with Crippen molar-refractivity contribution in [2.24, 2.45) is 0 Å². The number of carbonyl (C=O) groups is 2. The second-order valence-corrected chi connectivity index (χ2v) is 5.42. The van der Waals surface area contributed by atoms with E-state index in [0.29, 0.717) is 6.54 Å². The van der Waals surface area contributed by atoms with Crippen LogP contribution < -0.4 is 5.32 Å². The van der Waals surface area contributed by atoms with E-state index in [0.717, 1.165) is 31.4 Å². The van der Waals surface area contributed by atoms with E-state index >= 15 is 0 Å². The van der Waals surface area contributed by atoms with E-state index in [4.69, 9.17) is 0 Å². The number of amides is 1. The highest BCUT2D eigenvalue weighted by Crippen LogP contribution is 2.23. The molecule has 0 saturated carbocycles. The number of nitrogens with one attached hydrogen (secondary N) is 1. The van der Waals surface area contributed by atoms with Crippen molar-refractivity contribution in [1.82, 2.24) is 10.2 Å². The maximum atomic E-state index is 12.0. The molecular formula is C16H22N2O3. The van der Waals surface area contributed by atoms with Crippen molar-refractivity contribution < 1.29 is 14.7 Å². The summed E-state index contributed by atoms with van der Waals surface area (Å²) >= 11 is 0. The topological polar surface area (TPSA) is 69.6 Å². The predicted molar refractivity (Wildman–Crippen MR) is 80.1 cm³/mol. The summed E-state index contributed by atoms with van der Waals surface area (Å²) in [6, 6.07) is 9.01. The molecule has 1 heterocycles. The van der Waals surface area contributed by atoms with Gasteiger partial charge in [0.05, 0.1) is 12.0 Å². The van der Waals surface area contributed by atoms with Crippen LogP contribution in [0.2, 0.25) is 0 Å². The van der Waals surface area contributed by atoms with Gasteiger partial charge in [-0.2, -0.15) is 0 Å². The Hall–Kier alpha value is -1.88. The number of hydrogen-bond donors (Lipinski definition) is 2. The number of hydrogen-bond acceptors (Lipinski definition) is 3. The molecule has 5 heteroatoms. The van der Waals surface area contributed by atoms with Crippen LogP contribution in [0.25, 0.3) is 0 Å². The van der Waals surface area contributed by atoms with Gasteiger partial charge < -0.3 is 10.4 Å². The Morgan fingerprint density at radius 1 is 1.33 bits per heavy atom. The molecule has 1 aliphatic heterocycles. The van der Waals surface area contributed by atoms with E-state index < -0.39 is 11.9 Å². The van der Waals surface area contributed by atoms with E-state index in [-0.39, 0.29) is 11.9 Å². The number of piperidine rings is 1. The minimum Gasteiger partial charge on any atom is -0.481 e. The zero-order valence-electron chi connectivity index (χ0n) is 12.3. The van der Waals surface area contributed by atoms with E-state index in [1.54, 1.807) is 7.05 Å². The quantitative estimate of drug-likeness (QED) is 0.861. The average Bonchev–Trinajstić information content (AvgIpc) is 2.52. The van der Waals surface area contributed by atoms with Gasteiger partial charge in [-0.1, -0.05) is 36.8 Å². The molecular weight excluding hydrogens is 268 g/mol. The van der Waals surface area contributed by atoms with E-state index in [9.17, 15) is 14.7 Å². The van der Waals surface area contributed by atoms with Gasteiger partial charge in [-0.05, 0) is 24.9 Å².